The Morgan fingerprint density at radius 2 is 1.75 bits per heavy atom. The molecule has 1 aromatic heterocycles. The maximum Gasteiger partial charge on any atom is 0.253 e. The van der Waals surface area contributed by atoms with E-state index in [1.54, 1.807) is 17.3 Å². The highest BCUT2D eigenvalue weighted by molar-refractivity contribution is 9.11. The van der Waals surface area contributed by atoms with E-state index in [9.17, 15) is 4.79 Å². The molecule has 0 radical (unpaired) electrons. The Morgan fingerprint density at radius 1 is 1.15 bits per heavy atom. The predicted octanol–water partition coefficient (Wildman–Crippen LogP) is 3.92. The molecule has 0 N–H and O–H groups in total. The van der Waals surface area contributed by atoms with Crippen molar-refractivity contribution in [3.05, 3.63) is 62.8 Å². The number of rotatable bonds is 4. The number of nitrogens with zero attached hydrogens (tertiary/aromatic N) is 2. The monoisotopic (exact) mass is 396 g/mol. The lowest BCUT2D eigenvalue weighted by Crippen LogP contribution is -2.28. The molecule has 0 unspecified atom stereocenters. The molecule has 0 aliphatic rings. The number of halogens is 2. The summed E-state index contributed by atoms with van der Waals surface area (Å²) in [6.07, 6.45) is 4.35. The minimum atomic E-state index is 0.0149. The number of carbonyl (C=O) groups is 1. The first kappa shape index (κ1) is 15.2. The normalized spacial score (nSPS) is 10.3. The van der Waals surface area contributed by atoms with Crippen molar-refractivity contribution in [3.8, 4) is 0 Å². The molecule has 3 nitrogen and oxygen atoms in total. The lowest BCUT2D eigenvalue weighted by molar-refractivity contribution is 0.0796. The van der Waals surface area contributed by atoms with Crippen LogP contribution in [0, 0.1) is 0 Å². The second-order valence-corrected chi connectivity index (χ2v) is 6.32. The Hall–Kier alpha value is -1.20. The van der Waals surface area contributed by atoms with Crippen LogP contribution in [0.2, 0.25) is 0 Å². The fourth-order valence-corrected chi connectivity index (χ4v) is 3.14. The van der Waals surface area contributed by atoms with Gasteiger partial charge in [0.25, 0.3) is 5.91 Å². The quantitative estimate of drug-likeness (QED) is 0.783. The lowest BCUT2D eigenvalue weighted by Gasteiger charge is -2.17. The van der Waals surface area contributed by atoms with Crippen LogP contribution in [0.3, 0.4) is 0 Å². The van der Waals surface area contributed by atoms with Crippen molar-refractivity contribution < 1.29 is 4.79 Å². The van der Waals surface area contributed by atoms with Crippen molar-refractivity contribution in [2.24, 2.45) is 0 Å². The second kappa shape index (κ2) is 6.99. The molecule has 0 saturated carbocycles. The summed E-state index contributed by atoms with van der Waals surface area (Å²) in [5, 5.41) is 0. The van der Waals surface area contributed by atoms with Crippen LogP contribution in [0.5, 0.6) is 0 Å². The van der Waals surface area contributed by atoms with E-state index in [0.29, 0.717) is 12.1 Å². The molecule has 0 spiro atoms. The van der Waals surface area contributed by atoms with E-state index in [1.165, 1.54) is 5.56 Å². The molecule has 0 aliphatic heterocycles. The van der Waals surface area contributed by atoms with E-state index < -0.39 is 0 Å². The van der Waals surface area contributed by atoms with E-state index in [0.717, 1.165) is 15.4 Å². The standard InChI is InChI=1S/C15H14Br2N2O/c1-19(7-4-11-2-5-18-6-3-11)15(20)12-8-13(16)10-14(17)9-12/h2-3,5-6,8-10H,4,7H2,1H3. The first-order valence-corrected chi connectivity index (χ1v) is 7.75. The predicted molar refractivity (Wildman–Crippen MR) is 86.7 cm³/mol. The minimum absolute atomic E-state index is 0.0149. The number of pyridine rings is 1. The average molecular weight is 398 g/mol. The maximum absolute atomic E-state index is 12.3. The molecule has 2 rings (SSSR count). The average Bonchev–Trinajstić information content (AvgIpc) is 2.44. The van der Waals surface area contributed by atoms with Gasteiger partial charge >= 0.3 is 0 Å². The highest BCUT2D eigenvalue weighted by Crippen LogP contribution is 2.21. The van der Waals surface area contributed by atoms with Crippen molar-refractivity contribution in [1.82, 2.24) is 9.88 Å². The summed E-state index contributed by atoms with van der Waals surface area (Å²) in [4.78, 5) is 18.1. The molecular formula is C15H14Br2N2O. The third-order valence-electron chi connectivity index (χ3n) is 2.94. The van der Waals surface area contributed by atoms with Gasteiger partial charge in [-0.3, -0.25) is 9.78 Å². The van der Waals surface area contributed by atoms with E-state index >= 15 is 0 Å². The number of hydrogen-bond donors (Lipinski definition) is 0. The Balaban J connectivity index is 2.01. The molecule has 20 heavy (non-hydrogen) atoms. The number of hydrogen-bond acceptors (Lipinski definition) is 2. The number of carbonyl (C=O) groups excluding carboxylic acids is 1. The maximum atomic E-state index is 12.3. The first-order chi connectivity index (χ1) is 9.56. The Labute approximate surface area is 135 Å². The fourth-order valence-electron chi connectivity index (χ4n) is 1.85. The molecule has 0 fully saturated rings. The highest BCUT2D eigenvalue weighted by atomic mass is 79.9. The van der Waals surface area contributed by atoms with Crippen LogP contribution >= 0.6 is 31.9 Å². The van der Waals surface area contributed by atoms with Gasteiger partial charge < -0.3 is 4.90 Å². The summed E-state index contributed by atoms with van der Waals surface area (Å²) in [7, 11) is 1.82. The summed E-state index contributed by atoms with van der Waals surface area (Å²) in [6.45, 7) is 0.674. The van der Waals surface area contributed by atoms with Gasteiger partial charge in [0, 0.05) is 40.5 Å². The summed E-state index contributed by atoms with van der Waals surface area (Å²) in [6, 6.07) is 9.50. The van der Waals surface area contributed by atoms with E-state index in [-0.39, 0.29) is 5.91 Å². The van der Waals surface area contributed by atoms with Gasteiger partial charge in [-0.15, -0.1) is 0 Å². The van der Waals surface area contributed by atoms with Crippen molar-refractivity contribution in [2.45, 2.75) is 6.42 Å². The van der Waals surface area contributed by atoms with Gasteiger partial charge in [-0.1, -0.05) is 31.9 Å². The van der Waals surface area contributed by atoms with Crippen molar-refractivity contribution in [1.29, 1.82) is 0 Å². The van der Waals surface area contributed by atoms with E-state index in [4.69, 9.17) is 0 Å². The van der Waals surface area contributed by atoms with Crippen LogP contribution in [-0.4, -0.2) is 29.4 Å². The van der Waals surface area contributed by atoms with Crippen LogP contribution in [0.1, 0.15) is 15.9 Å². The molecule has 1 aromatic carbocycles. The minimum Gasteiger partial charge on any atom is -0.341 e. The van der Waals surface area contributed by atoms with E-state index in [1.807, 2.05) is 37.4 Å². The molecule has 5 heteroatoms. The molecule has 2 aromatic rings. The Kier molecular flexibility index (Phi) is 5.31. The van der Waals surface area contributed by atoms with Crippen LogP contribution in [-0.2, 0) is 6.42 Å². The summed E-state index contributed by atoms with van der Waals surface area (Å²) < 4.78 is 1.77. The van der Waals surface area contributed by atoms with Gasteiger partial charge in [0.15, 0.2) is 0 Å². The van der Waals surface area contributed by atoms with Crippen LogP contribution < -0.4 is 0 Å². The number of benzene rings is 1. The Bertz CT molecular complexity index is 582. The van der Waals surface area contributed by atoms with Crippen LogP contribution in [0.4, 0.5) is 0 Å². The molecule has 0 saturated heterocycles. The van der Waals surface area contributed by atoms with Gasteiger partial charge in [0.2, 0.25) is 0 Å². The van der Waals surface area contributed by atoms with Gasteiger partial charge in [-0.2, -0.15) is 0 Å². The fraction of sp³-hybridized carbons (Fsp3) is 0.200. The number of amides is 1. The lowest BCUT2D eigenvalue weighted by atomic mass is 10.1. The molecule has 0 aliphatic carbocycles. The SMILES string of the molecule is CN(CCc1ccncc1)C(=O)c1cc(Br)cc(Br)c1. The summed E-state index contributed by atoms with van der Waals surface area (Å²) in [5.74, 6) is 0.0149. The number of likely N-dealkylation sites (N-methyl/N-ethyl adjacent to an activating group) is 1. The largest absolute Gasteiger partial charge is 0.341 e. The second-order valence-electron chi connectivity index (χ2n) is 4.49. The van der Waals surface area contributed by atoms with Gasteiger partial charge in [0.05, 0.1) is 0 Å². The molecular weight excluding hydrogens is 384 g/mol. The van der Waals surface area contributed by atoms with Crippen LogP contribution in [0.15, 0.2) is 51.7 Å². The zero-order valence-electron chi connectivity index (χ0n) is 11.0. The van der Waals surface area contributed by atoms with E-state index in [2.05, 4.69) is 36.8 Å². The number of aromatic nitrogens is 1. The molecule has 0 bridgehead atoms. The van der Waals surface area contributed by atoms with Gasteiger partial charge in [-0.25, -0.2) is 0 Å². The molecule has 0 atom stereocenters. The Morgan fingerprint density at radius 3 is 2.35 bits per heavy atom. The highest BCUT2D eigenvalue weighted by Gasteiger charge is 2.12. The third-order valence-corrected chi connectivity index (χ3v) is 3.86. The topological polar surface area (TPSA) is 33.2 Å². The molecule has 1 heterocycles. The summed E-state index contributed by atoms with van der Waals surface area (Å²) in [5.41, 5.74) is 1.85. The zero-order valence-corrected chi connectivity index (χ0v) is 14.2. The third kappa shape index (κ3) is 4.15. The van der Waals surface area contributed by atoms with Gasteiger partial charge in [-0.05, 0) is 42.3 Å². The van der Waals surface area contributed by atoms with Crippen LogP contribution in [0.25, 0.3) is 0 Å². The first-order valence-electron chi connectivity index (χ1n) is 6.17. The molecule has 104 valence electrons. The van der Waals surface area contributed by atoms with Crippen molar-refractivity contribution in [2.75, 3.05) is 13.6 Å². The van der Waals surface area contributed by atoms with Gasteiger partial charge in [0.1, 0.15) is 0 Å². The van der Waals surface area contributed by atoms with Crippen molar-refractivity contribution >= 4 is 37.8 Å². The summed E-state index contributed by atoms with van der Waals surface area (Å²) >= 11 is 6.80. The smallest absolute Gasteiger partial charge is 0.253 e. The van der Waals surface area contributed by atoms with Crippen molar-refractivity contribution in [3.63, 3.8) is 0 Å². The molecule has 1 amide bonds. The zero-order chi connectivity index (χ0) is 14.5.